The molecule has 0 radical (unpaired) electrons. The van der Waals surface area contributed by atoms with Crippen LogP contribution in [0, 0.1) is 6.92 Å². The van der Waals surface area contributed by atoms with Crippen LogP contribution in [-0.4, -0.2) is 84.2 Å². The second-order valence-electron chi connectivity index (χ2n) is 8.64. The normalized spacial score (nSPS) is 22.0. The van der Waals surface area contributed by atoms with Gasteiger partial charge in [0.15, 0.2) is 0 Å². The number of rotatable bonds is 3. The Morgan fingerprint density at radius 1 is 1.03 bits per heavy atom. The number of aromatic nitrogens is 2. The minimum atomic E-state index is -0.0291. The van der Waals surface area contributed by atoms with Gasteiger partial charge >= 0.3 is 0 Å². The standard InChI is InChI=1S/C22H31N5O2S/c1-16-19-18(15-30-16)23-20(24-21(19)26-11-13-29-14-12-26)22(28)27-9-7-25(8-10-27)17-5-3-2-4-6-17/h15,17H,2-14H2,1H3. The molecule has 162 valence electrons. The molecule has 0 atom stereocenters. The van der Waals surface area contributed by atoms with Crippen molar-refractivity contribution in [1.29, 1.82) is 0 Å². The van der Waals surface area contributed by atoms with E-state index in [0.717, 1.165) is 56.0 Å². The first-order chi connectivity index (χ1) is 14.7. The van der Waals surface area contributed by atoms with E-state index in [2.05, 4.69) is 21.7 Å². The highest BCUT2D eigenvalue weighted by Gasteiger charge is 2.30. The van der Waals surface area contributed by atoms with E-state index in [0.29, 0.717) is 25.1 Å². The summed E-state index contributed by atoms with van der Waals surface area (Å²) in [6.07, 6.45) is 6.70. The lowest BCUT2D eigenvalue weighted by atomic mass is 9.94. The van der Waals surface area contributed by atoms with Crippen LogP contribution in [0.15, 0.2) is 5.38 Å². The van der Waals surface area contributed by atoms with Gasteiger partial charge in [0.1, 0.15) is 5.82 Å². The van der Waals surface area contributed by atoms with Gasteiger partial charge in [-0.1, -0.05) is 19.3 Å². The van der Waals surface area contributed by atoms with Gasteiger partial charge in [0.25, 0.3) is 5.91 Å². The maximum absolute atomic E-state index is 13.3. The Bertz CT molecular complexity index is 896. The third-order valence-corrected chi connectivity index (χ3v) is 7.71. The van der Waals surface area contributed by atoms with E-state index in [4.69, 9.17) is 9.72 Å². The number of anilines is 1. The third kappa shape index (κ3) is 3.92. The number of carbonyl (C=O) groups is 1. The summed E-state index contributed by atoms with van der Waals surface area (Å²) in [4.78, 5) is 30.8. The van der Waals surface area contributed by atoms with Gasteiger partial charge in [0, 0.05) is 55.6 Å². The van der Waals surface area contributed by atoms with Gasteiger partial charge in [0.05, 0.1) is 24.1 Å². The number of thiophene rings is 1. The first-order valence-electron chi connectivity index (χ1n) is 11.3. The fourth-order valence-electron chi connectivity index (χ4n) is 5.07. The summed E-state index contributed by atoms with van der Waals surface area (Å²) < 4.78 is 5.52. The molecule has 2 aromatic heterocycles. The smallest absolute Gasteiger partial charge is 0.291 e. The van der Waals surface area contributed by atoms with Crippen molar-refractivity contribution in [3.8, 4) is 0 Å². The first kappa shape index (κ1) is 20.2. The third-order valence-electron chi connectivity index (χ3n) is 6.81. The lowest BCUT2D eigenvalue weighted by molar-refractivity contribution is 0.0513. The molecule has 1 amide bonds. The molecule has 1 aliphatic carbocycles. The van der Waals surface area contributed by atoms with Gasteiger partial charge in [-0.15, -0.1) is 11.3 Å². The molecule has 4 heterocycles. The molecule has 30 heavy (non-hydrogen) atoms. The van der Waals surface area contributed by atoms with Crippen LogP contribution in [-0.2, 0) is 4.74 Å². The minimum Gasteiger partial charge on any atom is -0.378 e. The number of piperazine rings is 1. The van der Waals surface area contributed by atoms with Gasteiger partial charge in [-0.25, -0.2) is 9.97 Å². The lowest BCUT2D eigenvalue weighted by Crippen LogP contribution is -2.52. The summed E-state index contributed by atoms with van der Waals surface area (Å²) in [6, 6.07) is 0.713. The predicted molar refractivity (Wildman–Crippen MR) is 120 cm³/mol. The number of amides is 1. The van der Waals surface area contributed by atoms with Crippen molar-refractivity contribution >= 4 is 34.0 Å². The first-order valence-corrected chi connectivity index (χ1v) is 12.2. The number of hydrogen-bond donors (Lipinski definition) is 0. The minimum absolute atomic E-state index is 0.0291. The van der Waals surface area contributed by atoms with Crippen molar-refractivity contribution in [3.63, 3.8) is 0 Å². The average molecular weight is 430 g/mol. The summed E-state index contributed by atoms with van der Waals surface area (Å²) in [5, 5.41) is 3.13. The maximum atomic E-state index is 13.3. The zero-order chi connectivity index (χ0) is 20.5. The Kier molecular flexibility index (Phi) is 5.89. The number of fused-ring (bicyclic) bond motifs is 1. The van der Waals surface area contributed by atoms with Crippen LogP contribution in [0.25, 0.3) is 10.9 Å². The fourth-order valence-corrected chi connectivity index (χ4v) is 5.84. The number of nitrogens with zero attached hydrogens (tertiary/aromatic N) is 5. The Labute approximate surface area is 182 Å². The fraction of sp³-hybridized carbons (Fsp3) is 0.682. The van der Waals surface area contributed by atoms with Crippen molar-refractivity contribution in [2.24, 2.45) is 0 Å². The molecule has 0 spiro atoms. The molecule has 3 aliphatic rings. The molecule has 0 N–H and O–H groups in total. The highest BCUT2D eigenvalue weighted by molar-refractivity contribution is 7.11. The number of hydrogen-bond acceptors (Lipinski definition) is 7. The van der Waals surface area contributed by atoms with Crippen molar-refractivity contribution in [2.75, 3.05) is 57.4 Å². The van der Waals surface area contributed by atoms with Crippen molar-refractivity contribution in [2.45, 2.75) is 45.1 Å². The van der Waals surface area contributed by atoms with Gasteiger partial charge < -0.3 is 14.5 Å². The summed E-state index contributed by atoms with van der Waals surface area (Å²) in [7, 11) is 0. The second kappa shape index (κ2) is 8.77. The number of carbonyl (C=O) groups excluding carboxylic acids is 1. The van der Waals surface area contributed by atoms with Crippen molar-refractivity contribution in [3.05, 3.63) is 16.1 Å². The number of aryl methyl sites for hydroxylation is 1. The van der Waals surface area contributed by atoms with Crippen LogP contribution in [0.4, 0.5) is 5.82 Å². The van der Waals surface area contributed by atoms with E-state index < -0.39 is 0 Å². The molecular weight excluding hydrogens is 398 g/mol. The molecule has 0 bridgehead atoms. The van der Waals surface area contributed by atoms with E-state index in [-0.39, 0.29) is 5.91 Å². The van der Waals surface area contributed by atoms with Gasteiger partial charge in [0.2, 0.25) is 5.82 Å². The number of ether oxygens (including phenoxy) is 1. The average Bonchev–Trinajstić information content (AvgIpc) is 3.20. The highest BCUT2D eigenvalue weighted by Crippen LogP contribution is 2.32. The zero-order valence-corrected chi connectivity index (χ0v) is 18.6. The van der Waals surface area contributed by atoms with Crippen LogP contribution in [0.5, 0.6) is 0 Å². The molecule has 0 aromatic carbocycles. The van der Waals surface area contributed by atoms with Crippen LogP contribution in [0.3, 0.4) is 0 Å². The van der Waals surface area contributed by atoms with E-state index in [1.807, 2.05) is 10.3 Å². The Hall–Kier alpha value is -1.77. The SMILES string of the molecule is Cc1scc2nc(C(=O)N3CCN(C4CCCCC4)CC3)nc(N3CCOCC3)c12. The number of morpholine rings is 1. The Balaban J connectivity index is 1.35. The zero-order valence-electron chi connectivity index (χ0n) is 17.8. The predicted octanol–water partition coefficient (Wildman–Crippen LogP) is 2.93. The maximum Gasteiger partial charge on any atom is 0.291 e. The Morgan fingerprint density at radius 2 is 1.77 bits per heavy atom. The van der Waals surface area contributed by atoms with E-state index in [1.165, 1.54) is 37.0 Å². The molecule has 0 unspecified atom stereocenters. The molecule has 2 saturated heterocycles. The molecule has 5 rings (SSSR count). The molecule has 3 fully saturated rings. The largest absolute Gasteiger partial charge is 0.378 e. The Morgan fingerprint density at radius 3 is 2.50 bits per heavy atom. The summed E-state index contributed by atoms with van der Waals surface area (Å²) in [6.45, 7) is 8.57. The molecule has 2 aromatic rings. The van der Waals surface area contributed by atoms with Crippen LogP contribution >= 0.6 is 11.3 Å². The molecule has 8 heteroatoms. The monoisotopic (exact) mass is 429 g/mol. The van der Waals surface area contributed by atoms with Gasteiger partial charge in [-0.05, 0) is 19.8 Å². The second-order valence-corrected chi connectivity index (χ2v) is 9.73. The lowest BCUT2D eigenvalue weighted by Gasteiger charge is -2.40. The molecule has 2 aliphatic heterocycles. The molecular formula is C22H31N5O2S. The van der Waals surface area contributed by atoms with Gasteiger partial charge in [-0.3, -0.25) is 9.69 Å². The quantitative estimate of drug-likeness (QED) is 0.748. The van der Waals surface area contributed by atoms with Crippen LogP contribution < -0.4 is 4.90 Å². The van der Waals surface area contributed by atoms with E-state index >= 15 is 0 Å². The summed E-state index contributed by atoms with van der Waals surface area (Å²) >= 11 is 1.68. The van der Waals surface area contributed by atoms with Gasteiger partial charge in [-0.2, -0.15) is 0 Å². The summed E-state index contributed by atoms with van der Waals surface area (Å²) in [5.74, 6) is 1.21. The van der Waals surface area contributed by atoms with E-state index in [1.54, 1.807) is 11.3 Å². The highest BCUT2D eigenvalue weighted by atomic mass is 32.1. The molecule has 1 saturated carbocycles. The van der Waals surface area contributed by atoms with Crippen LogP contribution in [0.1, 0.15) is 47.6 Å². The van der Waals surface area contributed by atoms with E-state index in [9.17, 15) is 4.79 Å². The summed E-state index contributed by atoms with van der Waals surface area (Å²) in [5.41, 5.74) is 0.887. The topological polar surface area (TPSA) is 61.8 Å². The van der Waals surface area contributed by atoms with Crippen molar-refractivity contribution in [1.82, 2.24) is 19.8 Å². The molecule has 7 nitrogen and oxygen atoms in total. The van der Waals surface area contributed by atoms with Crippen molar-refractivity contribution < 1.29 is 9.53 Å². The van der Waals surface area contributed by atoms with Crippen LogP contribution in [0.2, 0.25) is 0 Å².